The SMILES string of the molecule is [N-]=[N+]=NCCC=Cc1cncc(N)c1. The number of aromatic nitrogens is 1. The van der Waals surface area contributed by atoms with E-state index in [1.807, 2.05) is 18.2 Å². The smallest absolute Gasteiger partial charge is 0.0506 e. The maximum atomic E-state index is 8.03. The second-order valence-corrected chi connectivity index (χ2v) is 2.70. The van der Waals surface area contributed by atoms with E-state index in [1.54, 1.807) is 12.4 Å². The molecule has 0 aliphatic carbocycles. The molecule has 5 nitrogen and oxygen atoms in total. The molecule has 0 fully saturated rings. The van der Waals surface area contributed by atoms with Gasteiger partial charge in [-0.25, -0.2) is 0 Å². The van der Waals surface area contributed by atoms with Gasteiger partial charge in [0.25, 0.3) is 0 Å². The van der Waals surface area contributed by atoms with Gasteiger partial charge in [0.05, 0.1) is 5.69 Å². The normalized spacial score (nSPS) is 10.0. The molecule has 0 saturated carbocycles. The molecule has 5 heteroatoms. The first-order valence-electron chi connectivity index (χ1n) is 4.21. The van der Waals surface area contributed by atoms with Gasteiger partial charge in [0, 0.05) is 23.9 Å². The molecule has 0 saturated heterocycles. The monoisotopic (exact) mass is 189 g/mol. The van der Waals surface area contributed by atoms with Crippen LogP contribution in [-0.2, 0) is 0 Å². The topological polar surface area (TPSA) is 87.7 Å². The Kier molecular flexibility index (Phi) is 4.04. The van der Waals surface area contributed by atoms with Gasteiger partial charge in [-0.05, 0) is 23.6 Å². The van der Waals surface area contributed by atoms with E-state index in [4.69, 9.17) is 11.3 Å². The summed E-state index contributed by atoms with van der Waals surface area (Å²) in [6.45, 7) is 0.475. The molecule has 0 bridgehead atoms. The summed E-state index contributed by atoms with van der Waals surface area (Å²) < 4.78 is 0. The molecule has 1 rings (SSSR count). The van der Waals surface area contributed by atoms with Crippen LogP contribution in [0.15, 0.2) is 29.7 Å². The van der Waals surface area contributed by atoms with E-state index in [1.165, 1.54) is 0 Å². The average Bonchev–Trinajstić information content (AvgIpc) is 2.18. The maximum absolute atomic E-state index is 8.03. The van der Waals surface area contributed by atoms with Gasteiger partial charge in [0.2, 0.25) is 0 Å². The number of nitrogens with two attached hydrogens (primary N) is 1. The fourth-order valence-electron chi connectivity index (χ4n) is 0.964. The minimum absolute atomic E-state index is 0.475. The number of azide groups is 1. The average molecular weight is 189 g/mol. The molecule has 14 heavy (non-hydrogen) atoms. The maximum Gasteiger partial charge on any atom is 0.0506 e. The zero-order valence-corrected chi connectivity index (χ0v) is 7.67. The number of nitrogen functional groups attached to an aromatic ring is 1. The molecule has 0 atom stereocenters. The Bertz CT molecular complexity index is 365. The summed E-state index contributed by atoms with van der Waals surface area (Å²) >= 11 is 0. The Morgan fingerprint density at radius 2 is 2.43 bits per heavy atom. The Hall–Kier alpha value is -2.00. The molecule has 0 radical (unpaired) electrons. The molecule has 1 heterocycles. The van der Waals surface area contributed by atoms with E-state index in [-0.39, 0.29) is 0 Å². The van der Waals surface area contributed by atoms with Crippen molar-refractivity contribution in [3.05, 3.63) is 40.5 Å². The highest BCUT2D eigenvalue weighted by atomic mass is 15.1. The van der Waals surface area contributed by atoms with Crippen LogP contribution in [0.1, 0.15) is 12.0 Å². The number of rotatable bonds is 4. The predicted octanol–water partition coefficient (Wildman–Crippen LogP) is 2.38. The van der Waals surface area contributed by atoms with Crippen LogP contribution >= 0.6 is 0 Å². The molecule has 1 aromatic heterocycles. The van der Waals surface area contributed by atoms with Gasteiger partial charge >= 0.3 is 0 Å². The van der Waals surface area contributed by atoms with Crippen molar-refractivity contribution in [3.8, 4) is 0 Å². The molecular weight excluding hydrogens is 178 g/mol. The Morgan fingerprint density at radius 1 is 1.57 bits per heavy atom. The first-order chi connectivity index (χ1) is 6.83. The summed E-state index contributed by atoms with van der Waals surface area (Å²) in [7, 11) is 0. The highest BCUT2D eigenvalue weighted by molar-refractivity contribution is 5.53. The lowest BCUT2D eigenvalue weighted by Crippen LogP contribution is -1.86. The number of pyridine rings is 1. The standard InChI is InChI=1S/C9H11N5/c10-9-5-8(6-12-7-9)3-1-2-4-13-14-11/h1,3,5-7H,2,4,10H2. The van der Waals surface area contributed by atoms with E-state index < -0.39 is 0 Å². The largest absolute Gasteiger partial charge is 0.397 e. The fraction of sp³-hybridized carbons (Fsp3) is 0.222. The van der Waals surface area contributed by atoms with Crippen molar-refractivity contribution in [1.29, 1.82) is 0 Å². The van der Waals surface area contributed by atoms with Crippen LogP contribution < -0.4 is 5.73 Å². The predicted molar refractivity (Wildman–Crippen MR) is 56.3 cm³/mol. The Balaban J connectivity index is 2.47. The molecule has 0 spiro atoms. The first kappa shape index (κ1) is 10.1. The van der Waals surface area contributed by atoms with Gasteiger partial charge in [0.15, 0.2) is 0 Å². The van der Waals surface area contributed by atoms with Gasteiger partial charge in [0.1, 0.15) is 0 Å². The van der Waals surface area contributed by atoms with E-state index >= 15 is 0 Å². The molecular formula is C9H11N5. The Labute approximate surface area is 81.9 Å². The van der Waals surface area contributed by atoms with Gasteiger partial charge < -0.3 is 5.73 Å². The zero-order chi connectivity index (χ0) is 10.2. The molecule has 0 amide bonds. The third-order valence-electron chi connectivity index (χ3n) is 1.55. The Morgan fingerprint density at radius 3 is 3.14 bits per heavy atom. The third-order valence-corrected chi connectivity index (χ3v) is 1.55. The van der Waals surface area contributed by atoms with Crippen LogP contribution in [0.3, 0.4) is 0 Å². The van der Waals surface area contributed by atoms with E-state index in [9.17, 15) is 0 Å². The molecule has 0 aromatic carbocycles. The van der Waals surface area contributed by atoms with Gasteiger partial charge in [-0.1, -0.05) is 17.3 Å². The number of anilines is 1. The summed E-state index contributed by atoms with van der Waals surface area (Å²) in [6, 6.07) is 1.83. The van der Waals surface area contributed by atoms with Crippen LogP contribution in [0.2, 0.25) is 0 Å². The number of hydrogen-bond donors (Lipinski definition) is 1. The second-order valence-electron chi connectivity index (χ2n) is 2.70. The van der Waals surface area contributed by atoms with Crippen molar-refractivity contribution in [2.24, 2.45) is 5.11 Å². The minimum atomic E-state index is 0.475. The second kappa shape index (κ2) is 5.61. The number of nitrogens with zero attached hydrogens (tertiary/aromatic N) is 4. The highest BCUT2D eigenvalue weighted by Crippen LogP contribution is 2.05. The van der Waals surface area contributed by atoms with Crippen molar-refractivity contribution in [1.82, 2.24) is 4.98 Å². The summed E-state index contributed by atoms with van der Waals surface area (Å²) in [5.74, 6) is 0. The zero-order valence-electron chi connectivity index (χ0n) is 7.67. The van der Waals surface area contributed by atoms with Crippen LogP contribution in [0.4, 0.5) is 5.69 Å². The van der Waals surface area contributed by atoms with Crippen molar-refractivity contribution in [2.45, 2.75) is 6.42 Å². The van der Waals surface area contributed by atoms with E-state index in [0.29, 0.717) is 12.2 Å². The molecule has 1 aromatic rings. The lowest BCUT2D eigenvalue weighted by Gasteiger charge is -1.93. The molecule has 2 N–H and O–H groups in total. The van der Waals surface area contributed by atoms with E-state index in [2.05, 4.69) is 15.0 Å². The minimum Gasteiger partial charge on any atom is -0.397 e. The van der Waals surface area contributed by atoms with Gasteiger partial charge in [-0.15, -0.1) is 0 Å². The van der Waals surface area contributed by atoms with Crippen LogP contribution in [0.25, 0.3) is 16.5 Å². The highest BCUT2D eigenvalue weighted by Gasteiger charge is 1.87. The first-order valence-corrected chi connectivity index (χ1v) is 4.21. The fourth-order valence-corrected chi connectivity index (χ4v) is 0.964. The van der Waals surface area contributed by atoms with Gasteiger partial charge in [-0.3, -0.25) is 4.98 Å². The van der Waals surface area contributed by atoms with Crippen LogP contribution in [0, 0.1) is 0 Å². The van der Waals surface area contributed by atoms with Crippen molar-refractivity contribution >= 4 is 11.8 Å². The molecule has 0 unspecified atom stereocenters. The molecule has 0 aliphatic rings. The third kappa shape index (κ3) is 3.60. The van der Waals surface area contributed by atoms with Crippen LogP contribution in [0.5, 0.6) is 0 Å². The van der Waals surface area contributed by atoms with Crippen molar-refractivity contribution in [3.63, 3.8) is 0 Å². The van der Waals surface area contributed by atoms with E-state index in [0.717, 1.165) is 12.0 Å². The van der Waals surface area contributed by atoms with Crippen molar-refractivity contribution in [2.75, 3.05) is 12.3 Å². The van der Waals surface area contributed by atoms with Crippen molar-refractivity contribution < 1.29 is 0 Å². The summed E-state index contributed by atoms with van der Waals surface area (Å²) in [5.41, 5.74) is 15.2. The lowest BCUT2D eigenvalue weighted by atomic mass is 10.2. The van der Waals surface area contributed by atoms with Gasteiger partial charge in [-0.2, -0.15) is 0 Å². The summed E-state index contributed by atoms with van der Waals surface area (Å²) in [6.07, 6.45) is 7.86. The lowest BCUT2D eigenvalue weighted by molar-refractivity contribution is 0.995. The quantitative estimate of drug-likeness (QED) is 0.341. The molecule has 0 aliphatic heterocycles. The summed E-state index contributed by atoms with van der Waals surface area (Å²) in [5, 5.41) is 3.41. The summed E-state index contributed by atoms with van der Waals surface area (Å²) in [4.78, 5) is 6.59. The molecule has 72 valence electrons. The van der Waals surface area contributed by atoms with Crippen LogP contribution in [-0.4, -0.2) is 11.5 Å². The number of hydrogen-bond acceptors (Lipinski definition) is 3.